The van der Waals surface area contributed by atoms with Crippen molar-refractivity contribution in [3.63, 3.8) is 0 Å². The van der Waals surface area contributed by atoms with Crippen LogP contribution in [-0.2, 0) is 32.7 Å². The fraction of sp³-hybridized carbons (Fsp3) is 0.410. The van der Waals surface area contributed by atoms with Crippen LogP contribution in [0, 0.1) is 0 Å². The Hall–Kier alpha value is -2.52. The second-order valence-corrected chi connectivity index (χ2v) is 36.1. The molecule has 0 N–H and O–H groups in total. The summed E-state index contributed by atoms with van der Waals surface area (Å²) in [4.78, 5) is 0. The maximum atomic E-state index is 6.21. The zero-order chi connectivity index (χ0) is 54.8. The van der Waals surface area contributed by atoms with Crippen molar-refractivity contribution in [3.8, 4) is 44.5 Å². The predicted molar refractivity (Wildman–Crippen MR) is 341 cm³/mol. The van der Waals surface area contributed by atoms with Crippen LogP contribution in [0.25, 0.3) is 44.5 Å². The molecule has 0 aromatic heterocycles. The molecule has 3 saturated heterocycles. The summed E-state index contributed by atoms with van der Waals surface area (Å²) in [7, 11) is 5.71. The highest BCUT2D eigenvalue weighted by Gasteiger charge is 2.63. The molecule has 1 saturated carbocycles. The minimum atomic E-state index is -0.476. The lowest BCUT2D eigenvalue weighted by Crippen LogP contribution is -2.41. The van der Waals surface area contributed by atoms with Crippen LogP contribution < -0.4 is 5.46 Å². The van der Waals surface area contributed by atoms with Gasteiger partial charge in [-0.15, -0.1) is 0 Å². The quantitative estimate of drug-likeness (QED) is 0.117. The molecule has 4 aliphatic rings. The molecular weight excluding hydrogens is 1130 g/mol. The highest BCUT2D eigenvalue weighted by molar-refractivity contribution is 9.49. The Balaban J connectivity index is 0.000000194. The molecule has 7 nitrogen and oxygen atoms in total. The van der Waals surface area contributed by atoms with Crippen LogP contribution in [0.5, 0.6) is 0 Å². The van der Waals surface area contributed by atoms with Gasteiger partial charge < -0.3 is 32.7 Å². The lowest BCUT2D eigenvalue weighted by Gasteiger charge is -2.32. The molecule has 2 unspecified atom stereocenters. The molecule has 0 spiro atoms. The summed E-state index contributed by atoms with van der Waals surface area (Å²) >= 11 is 6.78. The minimum Gasteiger partial charge on any atom is -0.405 e. The van der Waals surface area contributed by atoms with E-state index in [1.165, 1.54) is 70.2 Å². The van der Waals surface area contributed by atoms with E-state index in [4.69, 9.17) is 32.7 Å². The van der Waals surface area contributed by atoms with Gasteiger partial charge >= 0.3 is 21.1 Å². The van der Waals surface area contributed by atoms with Crippen LogP contribution >= 0.6 is 55.3 Å². The van der Waals surface area contributed by atoms with E-state index < -0.39 is 14.0 Å². The second kappa shape index (κ2) is 27.8. The Labute approximate surface area is 481 Å². The number of ether oxygens (including phenoxy) is 1. The summed E-state index contributed by atoms with van der Waals surface area (Å²) in [5, 5.41) is 0. The van der Waals surface area contributed by atoms with Gasteiger partial charge in [-0.1, -0.05) is 203 Å². The molecule has 15 heteroatoms. The fourth-order valence-electron chi connectivity index (χ4n) is 8.65. The maximum Gasteiger partial charge on any atom is 0.494 e. The largest absolute Gasteiger partial charge is 0.494 e. The lowest BCUT2D eigenvalue weighted by atomic mass is 9.49. The van der Waals surface area contributed by atoms with Crippen LogP contribution in [0.2, 0.25) is 0 Å². The monoisotopic (exact) mass is 1210 g/mol. The van der Waals surface area contributed by atoms with Crippen molar-refractivity contribution in [2.24, 2.45) is 0 Å². The highest BCUT2D eigenvalue weighted by atomic mass is 79.9. The Morgan fingerprint density at radius 1 is 0.434 bits per heavy atom. The van der Waals surface area contributed by atoms with Gasteiger partial charge in [-0.25, -0.2) is 0 Å². The van der Waals surface area contributed by atoms with Gasteiger partial charge in [0.05, 0.1) is 39.7 Å². The van der Waals surface area contributed by atoms with Crippen molar-refractivity contribution in [3.05, 3.63) is 162 Å². The molecule has 6 aromatic carbocycles. The first kappa shape index (κ1) is 64.3. The van der Waals surface area contributed by atoms with E-state index in [9.17, 15) is 0 Å². The first-order chi connectivity index (χ1) is 35.2. The third-order valence-electron chi connectivity index (χ3n) is 15.2. The summed E-state index contributed by atoms with van der Waals surface area (Å²) in [6.07, 6.45) is 5.92. The molecule has 6 aromatic rings. The van der Waals surface area contributed by atoms with Crippen molar-refractivity contribution in [1.82, 2.24) is 0 Å². The van der Waals surface area contributed by atoms with Crippen LogP contribution in [0.3, 0.4) is 0 Å². The smallest absolute Gasteiger partial charge is 0.405 e. The van der Waals surface area contributed by atoms with E-state index in [2.05, 4.69) is 216 Å². The second-order valence-electron chi connectivity index (χ2n) is 22.4. The molecule has 76 heavy (non-hydrogen) atoms. The van der Waals surface area contributed by atoms with Gasteiger partial charge in [-0.2, -0.15) is 0 Å². The van der Waals surface area contributed by atoms with Crippen LogP contribution in [-0.4, -0.2) is 68.0 Å². The zero-order valence-electron chi connectivity index (χ0n) is 46.4. The first-order valence-electron chi connectivity index (χ1n) is 26.0. The number of halogens is 2. The number of methoxy groups -OCH3 is 1. The third-order valence-corrected chi connectivity index (χ3v) is 15.7. The average molecular weight is 1210 g/mol. The topological polar surface area (TPSA) is 64.6 Å². The number of benzene rings is 6. The van der Waals surface area contributed by atoms with Gasteiger partial charge in [0.25, 0.3) is 0 Å². The molecule has 0 radical (unpaired) electrons. The summed E-state index contributed by atoms with van der Waals surface area (Å²) in [6.45, 7) is 24.5. The molecule has 0 amide bonds. The van der Waals surface area contributed by atoms with Crippen LogP contribution in [0.4, 0.5) is 0 Å². The first-order valence-corrected chi connectivity index (χ1v) is 33.3. The van der Waals surface area contributed by atoms with E-state index in [-0.39, 0.29) is 54.2 Å². The summed E-state index contributed by atoms with van der Waals surface area (Å²) in [6, 6.07) is 55.1. The summed E-state index contributed by atoms with van der Waals surface area (Å²) in [5.74, 6) is 0. The summed E-state index contributed by atoms with van der Waals surface area (Å²) < 4.78 is 42.5. The molecule has 2 atom stereocenters. The Morgan fingerprint density at radius 3 is 1.07 bits per heavy atom. The van der Waals surface area contributed by atoms with Gasteiger partial charge in [0.2, 0.25) is 0 Å². The van der Waals surface area contributed by atoms with Crippen LogP contribution in [0.15, 0.2) is 162 Å². The van der Waals surface area contributed by atoms with Crippen molar-refractivity contribution < 1.29 is 32.7 Å². The zero-order valence-corrected chi connectivity index (χ0v) is 52.7. The van der Waals surface area contributed by atoms with Crippen molar-refractivity contribution >= 4 is 81.9 Å². The SMILES string of the molecule is Brc1cccc(-c2cccc(-c3ccccc3)c2)c1.C.CC1(C)OB(B2OC(C)(C)C(C)(C)O2)OC1(C)C.CC1(C)OB(c2cccc(-c3cccc(-c4ccccc4)c3)c2)OC1(C)C.COC1CCCC1.PP(P)Br. The Bertz CT molecular complexity index is 2660. The Kier molecular flexibility index (Phi) is 23.5. The third kappa shape index (κ3) is 17.3. The number of rotatable bonds is 7. The lowest BCUT2D eigenvalue weighted by molar-refractivity contribution is 0.00578. The molecule has 4 fully saturated rings. The van der Waals surface area contributed by atoms with E-state index >= 15 is 0 Å². The van der Waals surface area contributed by atoms with Crippen molar-refractivity contribution in [1.29, 1.82) is 0 Å². The van der Waals surface area contributed by atoms with Crippen molar-refractivity contribution in [2.75, 3.05) is 7.11 Å². The molecule has 0 bridgehead atoms. The van der Waals surface area contributed by atoms with E-state index in [1.807, 2.05) is 73.6 Å². The number of hydrogen-bond donors (Lipinski definition) is 0. The van der Waals surface area contributed by atoms with Crippen molar-refractivity contribution in [2.45, 2.75) is 156 Å². The highest BCUT2D eigenvalue weighted by Crippen LogP contribution is 2.59. The van der Waals surface area contributed by atoms with Crippen LogP contribution in [0.1, 0.15) is 116 Å². The van der Waals surface area contributed by atoms with Gasteiger partial charge in [-0.05, 0) is 170 Å². The molecular formula is C61H82B3Br2O7P3. The average Bonchev–Trinajstić information content (AvgIpc) is 4.09. The van der Waals surface area contributed by atoms with Gasteiger partial charge in [0.15, 0.2) is 0 Å². The molecule has 1 aliphatic carbocycles. The van der Waals surface area contributed by atoms with Gasteiger partial charge in [-0.3, -0.25) is 0 Å². The standard InChI is InChI=1S/C24H25BO2.C18H13Br.C12H24B2O4.C6H12O.CH4.BrH4P3/c1-23(2)24(3,4)27-25(26-23)22-15-9-14-21(17-22)20-13-8-12-19(16-20)18-10-6-5-7-11-18;19-18-11-5-10-17(13-18)16-9-4-8-15(12-16)14-6-2-1-3-7-14;1-9(2)10(3,4)16-13(15-9)14-17-11(5,6)12(7,8)18-14;1-7-6-4-2-3-5-6;;1-4(2)3/h5-17H,1-4H3;1-13H;1-8H3;6H,2-5H2,1H3;1H4;2-3H2. The number of hydrogen-bond acceptors (Lipinski definition) is 7. The van der Waals surface area contributed by atoms with E-state index in [0.717, 1.165) is 9.94 Å². The van der Waals surface area contributed by atoms with E-state index in [1.54, 1.807) is 7.11 Å². The minimum absolute atomic E-state index is 0. The molecule has 406 valence electrons. The van der Waals surface area contributed by atoms with E-state index in [0.29, 0.717) is 6.10 Å². The summed E-state index contributed by atoms with van der Waals surface area (Å²) in [5.41, 5.74) is 8.71. The van der Waals surface area contributed by atoms with Gasteiger partial charge in [0.1, 0.15) is 0 Å². The maximum absolute atomic E-state index is 6.21. The molecule has 3 heterocycles. The predicted octanol–water partition coefficient (Wildman–Crippen LogP) is 17.9. The van der Waals surface area contributed by atoms with Gasteiger partial charge in [0, 0.05) is 17.6 Å². The fourth-order valence-corrected chi connectivity index (χ4v) is 9.05. The molecule has 10 rings (SSSR count). The normalized spacial score (nSPS) is 19.2. The molecule has 3 aliphatic heterocycles. The Morgan fingerprint density at radius 2 is 0.724 bits per heavy atom.